The van der Waals surface area contributed by atoms with Crippen molar-refractivity contribution in [1.82, 2.24) is 14.9 Å². The molecule has 0 saturated carbocycles. The van der Waals surface area contributed by atoms with Crippen molar-refractivity contribution in [3.8, 4) is 0 Å². The summed E-state index contributed by atoms with van der Waals surface area (Å²) in [6.45, 7) is 2.05. The van der Waals surface area contributed by atoms with Gasteiger partial charge in [-0.2, -0.15) is 0 Å². The number of carbonyl (C=O) groups is 1. The minimum atomic E-state index is -0.0704. The molecule has 0 unspecified atom stereocenters. The highest BCUT2D eigenvalue weighted by Crippen LogP contribution is 2.38. The van der Waals surface area contributed by atoms with Gasteiger partial charge in [-0.25, -0.2) is 9.97 Å². The molecule has 1 aromatic heterocycles. The Labute approximate surface area is 155 Å². The highest BCUT2D eigenvalue weighted by molar-refractivity contribution is 6.42. The van der Waals surface area contributed by atoms with Gasteiger partial charge in [-0.15, -0.1) is 0 Å². The summed E-state index contributed by atoms with van der Waals surface area (Å²) in [5.74, 6) is 0.664. The Balaban J connectivity index is 1.40. The first-order chi connectivity index (χ1) is 12.1. The molecule has 5 nitrogen and oxygen atoms in total. The molecule has 0 radical (unpaired) electrons. The van der Waals surface area contributed by atoms with Crippen molar-refractivity contribution in [3.05, 3.63) is 57.6 Å². The summed E-state index contributed by atoms with van der Waals surface area (Å²) in [5.41, 5.74) is 1.42. The number of likely N-dealkylation sites (tertiary alicyclic amines) is 1. The van der Waals surface area contributed by atoms with Gasteiger partial charge in [-0.1, -0.05) is 35.3 Å². The van der Waals surface area contributed by atoms with Gasteiger partial charge in [0.15, 0.2) is 0 Å². The summed E-state index contributed by atoms with van der Waals surface area (Å²) in [6, 6.07) is 5.58. The Kier molecular flexibility index (Phi) is 4.40. The largest absolute Gasteiger partial charge is 0.376 e. The number of nitrogens with zero attached hydrogens (tertiary/aromatic N) is 3. The summed E-state index contributed by atoms with van der Waals surface area (Å²) in [5, 5.41) is 1.12. The maximum Gasteiger partial charge on any atom is 0.257 e. The second-order valence-corrected chi connectivity index (χ2v) is 7.31. The highest BCUT2D eigenvalue weighted by atomic mass is 35.5. The van der Waals surface area contributed by atoms with Crippen LogP contribution in [0.2, 0.25) is 10.0 Å². The van der Waals surface area contributed by atoms with Gasteiger partial charge in [-0.05, 0) is 24.5 Å². The molecule has 1 spiro atoms. The summed E-state index contributed by atoms with van der Waals surface area (Å²) < 4.78 is 5.26. The van der Waals surface area contributed by atoms with E-state index in [0.717, 1.165) is 18.5 Å². The third kappa shape index (κ3) is 3.01. The van der Waals surface area contributed by atoms with Crippen molar-refractivity contribution in [2.45, 2.75) is 24.8 Å². The van der Waals surface area contributed by atoms with E-state index in [1.807, 2.05) is 17.0 Å². The molecule has 0 atom stereocenters. The first kappa shape index (κ1) is 16.8. The van der Waals surface area contributed by atoms with Crippen LogP contribution in [0.15, 0.2) is 30.6 Å². The number of ether oxygens (including phenoxy) is 1. The highest BCUT2D eigenvalue weighted by Gasteiger charge is 2.53. The Bertz CT molecular complexity index is 801. The Morgan fingerprint density at radius 1 is 1.20 bits per heavy atom. The fraction of sp³-hybridized carbons (Fsp3) is 0.389. The first-order valence-electron chi connectivity index (χ1n) is 8.23. The van der Waals surface area contributed by atoms with E-state index < -0.39 is 0 Å². The Morgan fingerprint density at radius 2 is 1.96 bits per heavy atom. The molecule has 3 heterocycles. The van der Waals surface area contributed by atoms with Gasteiger partial charge in [-0.3, -0.25) is 4.79 Å². The summed E-state index contributed by atoms with van der Waals surface area (Å²) in [6.07, 6.45) is 5.55. The molecule has 1 aromatic carbocycles. The smallest absolute Gasteiger partial charge is 0.257 e. The number of amides is 1. The van der Waals surface area contributed by atoms with E-state index in [2.05, 4.69) is 9.97 Å². The average molecular weight is 378 g/mol. The number of hydrogen-bond acceptors (Lipinski definition) is 4. The van der Waals surface area contributed by atoms with Gasteiger partial charge in [0.2, 0.25) is 0 Å². The molecule has 2 saturated heterocycles. The van der Waals surface area contributed by atoms with E-state index in [1.165, 1.54) is 0 Å². The third-order valence-electron chi connectivity index (χ3n) is 4.96. The molecule has 0 aliphatic carbocycles. The molecular weight excluding hydrogens is 361 g/mol. The molecule has 1 amide bonds. The van der Waals surface area contributed by atoms with E-state index in [1.54, 1.807) is 18.5 Å². The fourth-order valence-corrected chi connectivity index (χ4v) is 3.65. The van der Waals surface area contributed by atoms with E-state index in [4.69, 9.17) is 27.9 Å². The molecule has 2 aliphatic heterocycles. The van der Waals surface area contributed by atoms with Gasteiger partial charge >= 0.3 is 0 Å². The monoisotopic (exact) mass is 377 g/mol. The predicted octanol–water partition coefficient (Wildman–Crippen LogP) is 3.18. The zero-order valence-electron chi connectivity index (χ0n) is 13.5. The molecule has 7 heteroatoms. The lowest BCUT2D eigenvalue weighted by molar-refractivity contribution is -0.172. The van der Waals surface area contributed by atoms with Crippen molar-refractivity contribution < 1.29 is 9.53 Å². The van der Waals surface area contributed by atoms with Gasteiger partial charge in [0.05, 0.1) is 34.4 Å². The molecule has 2 aromatic rings. The maximum absolute atomic E-state index is 12.6. The van der Waals surface area contributed by atoms with Crippen molar-refractivity contribution in [1.29, 1.82) is 0 Å². The van der Waals surface area contributed by atoms with Crippen molar-refractivity contribution in [3.63, 3.8) is 0 Å². The molecular formula is C18H17Cl2N3O2. The van der Waals surface area contributed by atoms with Crippen LogP contribution in [0.5, 0.6) is 0 Å². The molecule has 25 heavy (non-hydrogen) atoms. The normalized spacial score (nSPS) is 17.9. The average Bonchev–Trinajstić information content (AvgIpc) is 2.54. The number of halogens is 2. The first-order valence-corrected chi connectivity index (χ1v) is 8.98. The minimum Gasteiger partial charge on any atom is -0.376 e. The van der Waals surface area contributed by atoms with Crippen molar-refractivity contribution in [2.75, 3.05) is 19.8 Å². The van der Waals surface area contributed by atoms with Crippen molar-refractivity contribution in [2.24, 2.45) is 0 Å². The van der Waals surface area contributed by atoms with Crippen LogP contribution >= 0.6 is 23.2 Å². The molecule has 0 N–H and O–H groups in total. The van der Waals surface area contributed by atoms with Crippen LogP contribution < -0.4 is 0 Å². The molecule has 2 aliphatic rings. The van der Waals surface area contributed by atoms with E-state index >= 15 is 0 Å². The Hall–Kier alpha value is -1.69. The van der Waals surface area contributed by atoms with Gasteiger partial charge < -0.3 is 9.64 Å². The number of rotatable bonds is 4. The quantitative estimate of drug-likeness (QED) is 0.820. The lowest BCUT2D eigenvalue weighted by Crippen LogP contribution is -2.72. The van der Waals surface area contributed by atoms with Crippen LogP contribution in [-0.4, -0.2) is 46.1 Å². The zero-order valence-corrected chi connectivity index (χ0v) is 15.1. The SMILES string of the molecule is O=C(c1cnc(CCc2cccc(Cl)c2Cl)nc1)N1CCC12COC2. The standard InChI is InChI=1S/C18H17Cl2N3O2/c19-14-3-1-2-12(16(14)20)4-5-15-21-8-13(9-22-15)17(24)23-7-6-18(23)10-25-11-18/h1-3,8-9H,4-7,10-11H2. The summed E-state index contributed by atoms with van der Waals surface area (Å²) >= 11 is 12.2. The van der Waals surface area contributed by atoms with Gasteiger partial charge in [0, 0.05) is 25.4 Å². The van der Waals surface area contributed by atoms with Gasteiger partial charge in [0.1, 0.15) is 5.82 Å². The van der Waals surface area contributed by atoms with E-state index in [9.17, 15) is 4.79 Å². The van der Waals surface area contributed by atoms with Crippen molar-refractivity contribution >= 4 is 29.1 Å². The topological polar surface area (TPSA) is 55.3 Å². The van der Waals surface area contributed by atoms with Crippen LogP contribution in [0.3, 0.4) is 0 Å². The number of hydrogen-bond donors (Lipinski definition) is 0. The van der Waals surface area contributed by atoms with Crippen LogP contribution in [0.4, 0.5) is 0 Å². The lowest BCUT2D eigenvalue weighted by atomic mass is 9.82. The number of aryl methyl sites for hydroxylation is 2. The summed E-state index contributed by atoms with van der Waals surface area (Å²) in [7, 11) is 0. The summed E-state index contributed by atoms with van der Waals surface area (Å²) in [4.78, 5) is 23.1. The number of aromatic nitrogens is 2. The van der Waals surface area contributed by atoms with Crippen LogP contribution in [0, 0.1) is 0 Å². The second-order valence-electron chi connectivity index (χ2n) is 6.52. The molecule has 130 valence electrons. The van der Waals surface area contributed by atoms with Crippen LogP contribution in [0.1, 0.15) is 28.2 Å². The number of benzene rings is 1. The fourth-order valence-electron chi connectivity index (χ4n) is 3.23. The Morgan fingerprint density at radius 3 is 2.56 bits per heavy atom. The maximum atomic E-state index is 12.6. The van der Waals surface area contributed by atoms with E-state index in [-0.39, 0.29) is 11.4 Å². The minimum absolute atomic E-state index is 0.0148. The second kappa shape index (κ2) is 6.56. The predicted molar refractivity (Wildman–Crippen MR) is 95.1 cm³/mol. The third-order valence-corrected chi connectivity index (χ3v) is 5.82. The lowest BCUT2D eigenvalue weighted by Gasteiger charge is -2.57. The molecule has 2 fully saturated rings. The van der Waals surface area contributed by atoms with E-state index in [0.29, 0.717) is 47.5 Å². The zero-order chi connectivity index (χ0) is 17.4. The van der Waals surface area contributed by atoms with Gasteiger partial charge in [0.25, 0.3) is 5.91 Å². The van der Waals surface area contributed by atoms with Crippen LogP contribution in [0.25, 0.3) is 0 Å². The molecule has 4 rings (SSSR count). The number of carbonyl (C=O) groups excluding carboxylic acids is 1. The molecule has 0 bridgehead atoms. The van der Waals surface area contributed by atoms with Crippen LogP contribution in [-0.2, 0) is 17.6 Å².